The number of rotatable bonds is 5. The Balaban J connectivity index is 2.03. The van der Waals surface area contributed by atoms with Crippen molar-refractivity contribution in [2.75, 3.05) is 38.2 Å². The summed E-state index contributed by atoms with van der Waals surface area (Å²) in [6.07, 6.45) is 3.96. The Hall–Kier alpha value is 0.310. The Bertz CT molecular complexity index is 357. The molecule has 2 fully saturated rings. The molecule has 2 rings (SSSR count). The van der Waals surface area contributed by atoms with E-state index in [2.05, 4.69) is 15.9 Å². The molecule has 18 heavy (non-hydrogen) atoms. The second kappa shape index (κ2) is 6.65. The fourth-order valence-electron chi connectivity index (χ4n) is 2.64. The highest BCUT2D eigenvalue weighted by Crippen LogP contribution is 2.26. The summed E-state index contributed by atoms with van der Waals surface area (Å²) < 4.78 is 33.6. The number of halogens is 1. The van der Waals surface area contributed by atoms with Crippen LogP contribution in [0.4, 0.5) is 0 Å². The lowest BCUT2D eigenvalue weighted by Crippen LogP contribution is -2.50. The molecule has 0 saturated carbocycles. The van der Waals surface area contributed by atoms with Gasteiger partial charge in [-0.05, 0) is 25.7 Å². The molecule has 0 spiro atoms. The molecule has 2 saturated heterocycles. The van der Waals surface area contributed by atoms with E-state index in [1.807, 2.05) is 0 Å². The van der Waals surface area contributed by atoms with E-state index in [4.69, 9.17) is 4.74 Å². The minimum atomic E-state index is -3.27. The minimum Gasteiger partial charge on any atom is -0.379 e. The molecule has 0 aromatic heterocycles. The molecule has 2 heterocycles. The highest BCUT2D eigenvalue weighted by Gasteiger charge is 2.38. The predicted octanol–water partition coefficient (Wildman–Crippen LogP) is 1.20. The summed E-state index contributed by atoms with van der Waals surface area (Å²) in [5.74, 6) is 0. The normalized spacial score (nSPS) is 27.7. The Labute approximate surface area is 118 Å². The number of hydrogen-bond acceptors (Lipinski definition) is 3. The van der Waals surface area contributed by atoms with Crippen LogP contribution in [0.3, 0.4) is 0 Å². The van der Waals surface area contributed by atoms with Crippen molar-refractivity contribution in [1.82, 2.24) is 8.61 Å². The summed E-state index contributed by atoms with van der Waals surface area (Å²) in [5, 5.41) is 0.939. The monoisotopic (exact) mass is 340 g/mol. The van der Waals surface area contributed by atoms with Crippen LogP contribution in [0.15, 0.2) is 0 Å². The fraction of sp³-hybridized carbons (Fsp3) is 1.00. The first-order valence-corrected chi connectivity index (χ1v) is 9.08. The van der Waals surface area contributed by atoms with Gasteiger partial charge in [0.2, 0.25) is 0 Å². The van der Waals surface area contributed by atoms with Crippen LogP contribution < -0.4 is 0 Å². The lowest BCUT2D eigenvalue weighted by atomic mass is 10.1. The van der Waals surface area contributed by atoms with Crippen molar-refractivity contribution in [3.63, 3.8) is 0 Å². The lowest BCUT2D eigenvalue weighted by Gasteiger charge is -2.32. The molecule has 0 bridgehead atoms. The van der Waals surface area contributed by atoms with Crippen LogP contribution in [0.5, 0.6) is 0 Å². The second-order valence-electron chi connectivity index (χ2n) is 4.76. The molecule has 0 aromatic carbocycles. The van der Waals surface area contributed by atoms with Crippen LogP contribution in [0, 0.1) is 0 Å². The average Bonchev–Trinajstić information content (AvgIpc) is 2.86. The van der Waals surface area contributed by atoms with Crippen LogP contribution in [-0.2, 0) is 14.9 Å². The Morgan fingerprint density at radius 1 is 1.22 bits per heavy atom. The molecule has 2 aliphatic rings. The van der Waals surface area contributed by atoms with Crippen LogP contribution in [0.2, 0.25) is 0 Å². The third kappa shape index (κ3) is 3.25. The zero-order chi connectivity index (χ0) is 13.0. The molecular formula is C11H21BrN2O3S. The zero-order valence-corrected chi connectivity index (χ0v) is 13.0. The van der Waals surface area contributed by atoms with E-state index in [1.165, 1.54) is 0 Å². The largest absolute Gasteiger partial charge is 0.379 e. The summed E-state index contributed by atoms with van der Waals surface area (Å²) >= 11 is 3.41. The van der Waals surface area contributed by atoms with Crippen LogP contribution >= 0.6 is 15.9 Å². The molecule has 1 unspecified atom stereocenters. The van der Waals surface area contributed by atoms with E-state index in [9.17, 15) is 8.42 Å². The second-order valence-corrected chi connectivity index (χ2v) is 7.43. The van der Waals surface area contributed by atoms with E-state index in [-0.39, 0.29) is 6.04 Å². The van der Waals surface area contributed by atoms with Gasteiger partial charge in [-0.1, -0.05) is 15.9 Å². The van der Waals surface area contributed by atoms with Crippen molar-refractivity contribution in [3.8, 4) is 0 Å². The molecule has 0 radical (unpaired) electrons. The summed E-state index contributed by atoms with van der Waals surface area (Å²) in [4.78, 5) is 0. The molecule has 5 nitrogen and oxygen atoms in total. The van der Waals surface area contributed by atoms with Gasteiger partial charge in [0.15, 0.2) is 0 Å². The van der Waals surface area contributed by atoms with Gasteiger partial charge in [0.25, 0.3) is 10.2 Å². The van der Waals surface area contributed by atoms with Crippen molar-refractivity contribution in [3.05, 3.63) is 0 Å². The zero-order valence-electron chi connectivity index (χ0n) is 10.6. The lowest BCUT2D eigenvalue weighted by molar-refractivity contribution is 0.0698. The Morgan fingerprint density at radius 3 is 2.61 bits per heavy atom. The first-order chi connectivity index (χ1) is 8.66. The molecule has 0 aliphatic carbocycles. The number of morpholine rings is 1. The van der Waals surface area contributed by atoms with E-state index in [1.54, 1.807) is 8.61 Å². The first kappa shape index (κ1) is 14.7. The molecule has 0 aromatic rings. The van der Waals surface area contributed by atoms with Crippen LogP contribution in [-0.4, -0.2) is 61.2 Å². The first-order valence-electron chi connectivity index (χ1n) is 6.57. The summed E-state index contributed by atoms with van der Waals surface area (Å²) in [5.41, 5.74) is 0. The van der Waals surface area contributed by atoms with Crippen molar-refractivity contribution < 1.29 is 13.2 Å². The van der Waals surface area contributed by atoms with Gasteiger partial charge < -0.3 is 4.74 Å². The molecule has 7 heteroatoms. The van der Waals surface area contributed by atoms with Crippen molar-refractivity contribution >= 4 is 26.1 Å². The number of hydrogen-bond donors (Lipinski definition) is 0. The van der Waals surface area contributed by atoms with Gasteiger partial charge in [-0.25, -0.2) is 0 Å². The quantitative estimate of drug-likeness (QED) is 0.706. The van der Waals surface area contributed by atoms with Crippen molar-refractivity contribution in [2.24, 2.45) is 0 Å². The molecule has 2 aliphatic heterocycles. The highest BCUT2D eigenvalue weighted by atomic mass is 79.9. The maximum absolute atomic E-state index is 12.5. The van der Waals surface area contributed by atoms with E-state index < -0.39 is 10.2 Å². The summed E-state index contributed by atoms with van der Waals surface area (Å²) in [6, 6.07) is 0.190. The third-order valence-corrected chi connectivity index (χ3v) is 6.24. The molecule has 1 atom stereocenters. The standard InChI is InChI=1S/C11H21BrN2O3S/c12-5-1-3-11-4-2-6-14(11)18(15,16)13-7-9-17-10-8-13/h11H,1-10H2. The summed E-state index contributed by atoms with van der Waals surface area (Å²) in [7, 11) is -3.27. The summed E-state index contributed by atoms with van der Waals surface area (Å²) in [6.45, 7) is 2.68. The van der Waals surface area contributed by atoms with Gasteiger partial charge in [0.1, 0.15) is 0 Å². The van der Waals surface area contributed by atoms with Crippen LogP contribution in [0.1, 0.15) is 25.7 Å². The molecule has 0 N–H and O–H groups in total. The van der Waals surface area contributed by atoms with Gasteiger partial charge in [-0.3, -0.25) is 0 Å². The predicted molar refractivity (Wildman–Crippen MR) is 74.1 cm³/mol. The maximum atomic E-state index is 12.5. The average molecular weight is 341 g/mol. The number of alkyl halides is 1. The van der Waals surface area contributed by atoms with E-state index in [0.717, 1.165) is 31.0 Å². The number of ether oxygens (including phenoxy) is 1. The van der Waals surface area contributed by atoms with Gasteiger partial charge in [-0.15, -0.1) is 0 Å². The smallest absolute Gasteiger partial charge is 0.282 e. The Kier molecular flexibility index (Phi) is 5.44. The van der Waals surface area contributed by atoms with Crippen LogP contribution in [0.25, 0.3) is 0 Å². The van der Waals surface area contributed by atoms with Crippen molar-refractivity contribution in [2.45, 2.75) is 31.7 Å². The molecule has 106 valence electrons. The topological polar surface area (TPSA) is 49.9 Å². The fourth-order valence-corrected chi connectivity index (χ4v) is 4.82. The van der Waals surface area contributed by atoms with Gasteiger partial charge >= 0.3 is 0 Å². The highest BCUT2D eigenvalue weighted by molar-refractivity contribution is 9.09. The van der Waals surface area contributed by atoms with Gasteiger partial charge in [-0.2, -0.15) is 17.0 Å². The van der Waals surface area contributed by atoms with Gasteiger partial charge in [0.05, 0.1) is 13.2 Å². The third-order valence-electron chi connectivity index (χ3n) is 3.59. The molecule has 0 amide bonds. The maximum Gasteiger partial charge on any atom is 0.282 e. The Morgan fingerprint density at radius 2 is 1.94 bits per heavy atom. The van der Waals surface area contributed by atoms with E-state index in [0.29, 0.717) is 32.8 Å². The number of nitrogens with zero attached hydrogens (tertiary/aromatic N) is 2. The van der Waals surface area contributed by atoms with Gasteiger partial charge in [0, 0.05) is 31.0 Å². The van der Waals surface area contributed by atoms with Crippen molar-refractivity contribution in [1.29, 1.82) is 0 Å². The molecular weight excluding hydrogens is 320 g/mol. The SMILES string of the molecule is O=S(=O)(N1CCOCC1)N1CCCC1CCCBr. The van der Waals surface area contributed by atoms with E-state index >= 15 is 0 Å². The minimum absolute atomic E-state index is 0.190.